The van der Waals surface area contributed by atoms with Crippen LogP contribution >= 0.6 is 15.9 Å². The fourth-order valence-electron chi connectivity index (χ4n) is 1.87. The molecule has 0 spiro atoms. The van der Waals surface area contributed by atoms with Crippen LogP contribution < -0.4 is 0 Å². The van der Waals surface area contributed by atoms with E-state index in [4.69, 9.17) is 0 Å². The summed E-state index contributed by atoms with van der Waals surface area (Å²) in [6, 6.07) is 1.12. The Bertz CT molecular complexity index is 379. The normalized spacial score (nSPS) is 20.7. The van der Waals surface area contributed by atoms with Crippen LogP contribution in [0.5, 0.6) is 0 Å². The first-order chi connectivity index (χ1) is 6.61. The molecule has 1 aromatic rings. The van der Waals surface area contributed by atoms with Crippen molar-refractivity contribution < 1.29 is 13.9 Å². The Kier molecular flexibility index (Phi) is 2.58. The SMILES string of the molecule is O[C@@H]1CCCc2c(F)cc(Br)c(F)c21. The van der Waals surface area contributed by atoms with Crippen molar-refractivity contribution in [1.82, 2.24) is 0 Å². The molecule has 0 amide bonds. The zero-order chi connectivity index (χ0) is 10.3. The third-order valence-electron chi connectivity index (χ3n) is 2.55. The number of aliphatic hydroxyl groups excluding tert-OH is 1. The summed E-state index contributed by atoms with van der Waals surface area (Å²) < 4.78 is 27.0. The Morgan fingerprint density at radius 2 is 2.14 bits per heavy atom. The van der Waals surface area contributed by atoms with E-state index >= 15 is 0 Å². The Labute approximate surface area is 88.9 Å². The number of hydrogen-bond donors (Lipinski definition) is 1. The summed E-state index contributed by atoms with van der Waals surface area (Å²) in [7, 11) is 0. The maximum atomic E-state index is 13.5. The van der Waals surface area contributed by atoms with Gasteiger partial charge in [0.1, 0.15) is 11.6 Å². The first-order valence-electron chi connectivity index (χ1n) is 4.45. The lowest BCUT2D eigenvalue weighted by molar-refractivity contribution is 0.150. The number of aliphatic hydroxyl groups is 1. The van der Waals surface area contributed by atoms with Gasteiger partial charge in [0.25, 0.3) is 0 Å². The molecule has 14 heavy (non-hydrogen) atoms. The Morgan fingerprint density at radius 3 is 2.86 bits per heavy atom. The molecular formula is C10H9BrF2O. The molecule has 0 unspecified atom stereocenters. The molecule has 1 aromatic carbocycles. The van der Waals surface area contributed by atoms with Crippen molar-refractivity contribution in [2.75, 3.05) is 0 Å². The van der Waals surface area contributed by atoms with Crippen LogP contribution in [0.25, 0.3) is 0 Å². The van der Waals surface area contributed by atoms with Crippen molar-refractivity contribution in [1.29, 1.82) is 0 Å². The fourth-order valence-corrected chi connectivity index (χ4v) is 2.28. The Hall–Kier alpha value is -0.480. The van der Waals surface area contributed by atoms with Crippen molar-refractivity contribution in [3.8, 4) is 0 Å². The summed E-state index contributed by atoms with van der Waals surface area (Å²) in [5.41, 5.74) is 0.451. The van der Waals surface area contributed by atoms with Crippen LogP contribution in [-0.4, -0.2) is 5.11 Å². The lowest BCUT2D eigenvalue weighted by Crippen LogP contribution is -2.13. The standard InChI is InChI=1S/C10H9BrF2O/c11-6-4-7(12)5-2-1-3-8(14)9(5)10(6)13/h4,8,14H,1-3H2/t8-/m1/s1. The molecule has 1 nitrogen and oxygen atoms in total. The van der Waals surface area contributed by atoms with Crippen molar-refractivity contribution in [3.05, 3.63) is 33.3 Å². The highest BCUT2D eigenvalue weighted by atomic mass is 79.9. The zero-order valence-corrected chi connectivity index (χ0v) is 8.94. The summed E-state index contributed by atoms with van der Waals surface area (Å²) in [5.74, 6) is -0.972. The minimum Gasteiger partial charge on any atom is -0.388 e. The van der Waals surface area contributed by atoms with Gasteiger partial charge in [-0.05, 0) is 46.8 Å². The van der Waals surface area contributed by atoms with Gasteiger partial charge in [0.05, 0.1) is 10.6 Å². The zero-order valence-electron chi connectivity index (χ0n) is 7.36. The first-order valence-corrected chi connectivity index (χ1v) is 5.25. The average molecular weight is 263 g/mol. The molecule has 0 aromatic heterocycles. The van der Waals surface area contributed by atoms with Crippen molar-refractivity contribution in [2.45, 2.75) is 25.4 Å². The van der Waals surface area contributed by atoms with Crippen LogP contribution in [0.2, 0.25) is 0 Å². The Morgan fingerprint density at radius 1 is 1.43 bits per heavy atom. The van der Waals surface area contributed by atoms with Crippen molar-refractivity contribution >= 4 is 15.9 Å². The van der Waals surface area contributed by atoms with Crippen LogP contribution in [-0.2, 0) is 6.42 Å². The van der Waals surface area contributed by atoms with Gasteiger partial charge in [0.15, 0.2) is 0 Å². The molecule has 2 rings (SSSR count). The largest absolute Gasteiger partial charge is 0.388 e. The van der Waals surface area contributed by atoms with E-state index in [9.17, 15) is 13.9 Å². The van der Waals surface area contributed by atoms with Gasteiger partial charge in [-0.3, -0.25) is 0 Å². The monoisotopic (exact) mass is 262 g/mol. The molecular weight excluding hydrogens is 254 g/mol. The summed E-state index contributed by atoms with van der Waals surface area (Å²) in [6.45, 7) is 0. The molecule has 1 N–H and O–H groups in total. The molecule has 1 aliphatic rings. The second-order valence-electron chi connectivity index (χ2n) is 3.45. The molecule has 1 aliphatic carbocycles. The van der Waals surface area contributed by atoms with E-state index in [0.29, 0.717) is 24.8 Å². The van der Waals surface area contributed by atoms with Gasteiger partial charge in [-0.15, -0.1) is 0 Å². The van der Waals surface area contributed by atoms with Crippen LogP contribution in [0.1, 0.15) is 30.1 Å². The highest BCUT2D eigenvalue weighted by molar-refractivity contribution is 9.10. The van der Waals surface area contributed by atoms with E-state index in [-0.39, 0.29) is 10.0 Å². The number of rotatable bonds is 0. The second-order valence-corrected chi connectivity index (χ2v) is 4.31. The van der Waals surface area contributed by atoms with E-state index in [1.165, 1.54) is 0 Å². The maximum Gasteiger partial charge on any atom is 0.143 e. The molecule has 0 saturated heterocycles. The predicted octanol–water partition coefficient (Wildman–Crippen LogP) is 3.10. The molecule has 0 heterocycles. The summed E-state index contributed by atoms with van der Waals surface area (Å²) >= 11 is 2.93. The predicted molar refractivity (Wildman–Crippen MR) is 52.0 cm³/mol. The maximum absolute atomic E-state index is 13.5. The van der Waals surface area contributed by atoms with Crippen molar-refractivity contribution in [2.24, 2.45) is 0 Å². The van der Waals surface area contributed by atoms with Gasteiger partial charge in [0, 0.05) is 5.56 Å². The summed E-state index contributed by atoms with van der Waals surface area (Å²) in [4.78, 5) is 0. The average Bonchev–Trinajstić information content (AvgIpc) is 2.14. The van der Waals surface area contributed by atoms with E-state index < -0.39 is 17.7 Å². The minimum absolute atomic E-state index is 0.0784. The first kappa shape index (κ1) is 10.1. The Balaban J connectivity index is 2.67. The van der Waals surface area contributed by atoms with Crippen LogP contribution in [0.3, 0.4) is 0 Å². The number of benzene rings is 1. The lowest BCUT2D eigenvalue weighted by Gasteiger charge is -2.22. The van der Waals surface area contributed by atoms with E-state index in [1.54, 1.807) is 0 Å². The fraction of sp³-hybridized carbons (Fsp3) is 0.400. The second kappa shape index (κ2) is 3.59. The van der Waals surface area contributed by atoms with Crippen LogP contribution in [0, 0.1) is 11.6 Å². The number of hydrogen-bond acceptors (Lipinski definition) is 1. The molecule has 0 bridgehead atoms. The molecule has 0 aliphatic heterocycles. The summed E-state index contributed by atoms with van der Waals surface area (Å²) in [5, 5.41) is 9.56. The third kappa shape index (κ3) is 1.46. The smallest absolute Gasteiger partial charge is 0.143 e. The molecule has 0 saturated carbocycles. The quantitative estimate of drug-likeness (QED) is 0.713. The van der Waals surface area contributed by atoms with E-state index in [1.807, 2.05) is 0 Å². The van der Waals surface area contributed by atoms with Gasteiger partial charge in [-0.2, -0.15) is 0 Å². The number of fused-ring (bicyclic) bond motifs is 1. The summed E-state index contributed by atoms with van der Waals surface area (Å²) in [6.07, 6.45) is 0.833. The van der Waals surface area contributed by atoms with Gasteiger partial charge in [0.2, 0.25) is 0 Å². The molecule has 1 atom stereocenters. The molecule has 4 heteroatoms. The van der Waals surface area contributed by atoms with Gasteiger partial charge in [-0.1, -0.05) is 0 Å². The molecule has 0 radical (unpaired) electrons. The van der Waals surface area contributed by atoms with Gasteiger partial charge >= 0.3 is 0 Å². The highest BCUT2D eigenvalue weighted by Gasteiger charge is 2.26. The van der Waals surface area contributed by atoms with Gasteiger partial charge < -0.3 is 5.11 Å². The van der Waals surface area contributed by atoms with E-state index in [0.717, 1.165) is 6.07 Å². The molecule has 76 valence electrons. The third-order valence-corrected chi connectivity index (χ3v) is 3.13. The molecule has 0 fully saturated rings. The van der Waals surface area contributed by atoms with Crippen LogP contribution in [0.4, 0.5) is 8.78 Å². The lowest BCUT2D eigenvalue weighted by atomic mass is 9.89. The number of halogens is 3. The van der Waals surface area contributed by atoms with Gasteiger partial charge in [-0.25, -0.2) is 8.78 Å². The minimum atomic E-state index is -0.870. The van der Waals surface area contributed by atoms with E-state index in [2.05, 4.69) is 15.9 Å². The topological polar surface area (TPSA) is 20.2 Å². The highest BCUT2D eigenvalue weighted by Crippen LogP contribution is 2.36. The van der Waals surface area contributed by atoms with Crippen LogP contribution in [0.15, 0.2) is 10.5 Å². The van der Waals surface area contributed by atoms with Crippen molar-refractivity contribution in [3.63, 3.8) is 0 Å².